The summed E-state index contributed by atoms with van der Waals surface area (Å²) in [6, 6.07) is 6.48. The van der Waals surface area contributed by atoms with Crippen molar-refractivity contribution in [2.75, 3.05) is 17.2 Å². The number of fused-ring (bicyclic) bond motifs is 1. The predicted octanol–water partition coefficient (Wildman–Crippen LogP) is 3.52. The van der Waals surface area contributed by atoms with Crippen LogP contribution < -0.4 is 10.6 Å². The van der Waals surface area contributed by atoms with E-state index in [9.17, 15) is 0 Å². The summed E-state index contributed by atoms with van der Waals surface area (Å²) in [7, 11) is 0. The molecule has 1 aromatic heterocycles. The molecule has 98 valence electrons. The number of nitrogens with zero attached hydrogens (tertiary/aromatic N) is 2. The van der Waals surface area contributed by atoms with Crippen molar-refractivity contribution < 1.29 is 0 Å². The van der Waals surface area contributed by atoms with Crippen molar-refractivity contribution in [2.24, 2.45) is 0 Å². The van der Waals surface area contributed by atoms with Crippen molar-refractivity contribution in [1.82, 2.24) is 9.36 Å². The maximum absolute atomic E-state index is 4.56. The number of benzene rings is 1. The Kier molecular flexibility index (Phi) is 2.65. The molecular weight excluding hydrogens is 256 g/mol. The van der Waals surface area contributed by atoms with Gasteiger partial charge in [0.25, 0.3) is 0 Å². The molecule has 2 aliphatic rings. The van der Waals surface area contributed by atoms with Crippen LogP contribution in [0.3, 0.4) is 0 Å². The van der Waals surface area contributed by atoms with Crippen LogP contribution in [0.1, 0.15) is 36.6 Å². The SMILES string of the molecule is c1cc2c(cc1Nc1nc(C3CC3)ns1)CCCN2. The Morgan fingerprint density at radius 1 is 1.32 bits per heavy atom. The van der Waals surface area contributed by atoms with E-state index >= 15 is 0 Å². The van der Waals surface area contributed by atoms with Crippen LogP contribution in [0.25, 0.3) is 0 Å². The zero-order valence-electron chi connectivity index (χ0n) is 10.6. The molecule has 1 aliphatic heterocycles. The van der Waals surface area contributed by atoms with Crippen molar-refractivity contribution in [3.8, 4) is 0 Å². The first kappa shape index (κ1) is 11.2. The third-order valence-electron chi connectivity index (χ3n) is 3.68. The van der Waals surface area contributed by atoms with Gasteiger partial charge >= 0.3 is 0 Å². The van der Waals surface area contributed by atoms with Gasteiger partial charge in [0, 0.05) is 35.4 Å². The highest BCUT2D eigenvalue weighted by atomic mass is 32.1. The molecule has 1 saturated carbocycles. The molecule has 1 aliphatic carbocycles. The Hall–Kier alpha value is -1.62. The molecule has 1 fully saturated rings. The molecular formula is C14H16N4S. The summed E-state index contributed by atoms with van der Waals surface area (Å²) < 4.78 is 4.42. The summed E-state index contributed by atoms with van der Waals surface area (Å²) in [5.41, 5.74) is 3.77. The van der Waals surface area contributed by atoms with Crippen LogP contribution in [0.4, 0.5) is 16.5 Å². The van der Waals surface area contributed by atoms with Crippen LogP contribution in [0.5, 0.6) is 0 Å². The maximum Gasteiger partial charge on any atom is 0.207 e. The molecule has 0 radical (unpaired) electrons. The van der Waals surface area contributed by atoms with Crippen LogP contribution >= 0.6 is 11.5 Å². The lowest BCUT2D eigenvalue weighted by molar-refractivity contribution is 0.830. The molecule has 4 rings (SSSR count). The van der Waals surface area contributed by atoms with Gasteiger partial charge in [-0.25, -0.2) is 4.98 Å². The van der Waals surface area contributed by atoms with Crippen molar-refractivity contribution >= 4 is 28.0 Å². The van der Waals surface area contributed by atoms with E-state index in [-0.39, 0.29) is 0 Å². The van der Waals surface area contributed by atoms with Crippen molar-refractivity contribution in [2.45, 2.75) is 31.6 Å². The summed E-state index contributed by atoms with van der Waals surface area (Å²) >= 11 is 1.46. The Labute approximate surface area is 116 Å². The molecule has 19 heavy (non-hydrogen) atoms. The second-order valence-electron chi connectivity index (χ2n) is 5.26. The summed E-state index contributed by atoms with van der Waals surface area (Å²) in [5, 5.41) is 7.71. The van der Waals surface area contributed by atoms with E-state index in [1.54, 1.807) is 0 Å². The topological polar surface area (TPSA) is 49.8 Å². The van der Waals surface area contributed by atoms with Crippen molar-refractivity contribution in [1.29, 1.82) is 0 Å². The summed E-state index contributed by atoms with van der Waals surface area (Å²) in [6.07, 6.45) is 4.86. The Morgan fingerprint density at radius 2 is 2.26 bits per heavy atom. The molecule has 2 aromatic rings. The number of nitrogens with one attached hydrogen (secondary N) is 2. The Bertz CT molecular complexity index is 603. The van der Waals surface area contributed by atoms with Crippen molar-refractivity contribution in [3.05, 3.63) is 29.6 Å². The molecule has 0 unspecified atom stereocenters. The van der Waals surface area contributed by atoms with Gasteiger partial charge in [-0.3, -0.25) is 0 Å². The molecule has 0 amide bonds. The minimum Gasteiger partial charge on any atom is -0.385 e. The summed E-state index contributed by atoms with van der Waals surface area (Å²) in [5.74, 6) is 1.65. The first-order valence-electron chi connectivity index (χ1n) is 6.86. The highest BCUT2D eigenvalue weighted by Crippen LogP contribution is 2.39. The van der Waals surface area contributed by atoms with Crippen LogP contribution in [0.15, 0.2) is 18.2 Å². The fourth-order valence-electron chi connectivity index (χ4n) is 2.47. The zero-order valence-corrected chi connectivity index (χ0v) is 11.5. The second-order valence-corrected chi connectivity index (χ2v) is 6.01. The predicted molar refractivity (Wildman–Crippen MR) is 78.4 cm³/mol. The van der Waals surface area contributed by atoms with Gasteiger partial charge in [0.2, 0.25) is 5.13 Å². The van der Waals surface area contributed by atoms with Crippen LogP contribution in [0.2, 0.25) is 0 Å². The monoisotopic (exact) mass is 272 g/mol. The molecule has 0 bridgehead atoms. The molecule has 2 N–H and O–H groups in total. The van der Waals surface area contributed by atoms with Crippen molar-refractivity contribution in [3.63, 3.8) is 0 Å². The van der Waals surface area contributed by atoms with Crippen LogP contribution in [-0.2, 0) is 6.42 Å². The molecule has 0 spiro atoms. The fraction of sp³-hybridized carbons (Fsp3) is 0.429. The summed E-state index contributed by atoms with van der Waals surface area (Å²) in [6.45, 7) is 1.08. The number of hydrogen-bond donors (Lipinski definition) is 2. The standard InChI is InChI=1S/C14H16N4S/c1-2-10-8-11(5-6-12(10)15-7-1)16-14-17-13(18-19-14)9-3-4-9/h5-6,8-9,15H,1-4,7H2,(H,16,17,18). The minimum atomic E-state index is 0.625. The second kappa shape index (κ2) is 4.49. The third kappa shape index (κ3) is 2.30. The largest absolute Gasteiger partial charge is 0.385 e. The minimum absolute atomic E-state index is 0.625. The molecule has 0 atom stereocenters. The molecule has 5 heteroatoms. The van der Waals surface area contributed by atoms with Crippen LogP contribution in [-0.4, -0.2) is 15.9 Å². The van der Waals surface area contributed by atoms with Crippen LogP contribution in [0, 0.1) is 0 Å². The van der Waals surface area contributed by atoms with E-state index < -0.39 is 0 Å². The van der Waals surface area contributed by atoms with Gasteiger partial charge in [0.1, 0.15) is 5.82 Å². The van der Waals surface area contributed by atoms with Gasteiger partial charge in [0.05, 0.1) is 0 Å². The normalized spacial score (nSPS) is 17.7. The number of aryl methyl sites for hydroxylation is 1. The van der Waals surface area contributed by atoms with Gasteiger partial charge < -0.3 is 10.6 Å². The third-order valence-corrected chi connectivity index (χ3v) is 4.32. The van der Waals surface area contributed by atoms with E-state index in [0.717, 1.165) is 29.6 Å². The molecule has 2 heterocycles. The number of hydrogen-bond acceptors (Lipinski definition) is 5. The summed E-state index contributed by atoms with van der Waals surface area (Å²) in [4.78, 5) is 4.56. The lowest BCUT2D eigenvalue weighted by atomic mass is 10.0. The van der Waals surface area contributed by atoms with E-state index in [2.05, 4.69) is 38.2 Å². The van der Waals surface area contributed by atoms with E-state index in [1.165, 1.54) is 42.0 Å². The zero-order chi connectivity index (χ0) is 12.7. The van der Waals surface area contributed by atoms with Gasteiger partial charge in [0.15, 0.2) is 0 Å². The van der Waals surface area contributed by atoms with Gasteiger partial charge in [-0.05, 0) is 49.4 Å². The Balaban J connectivity index is 1.54. The average Bonchev–Trinajstić information content (AvgIpc) is 3.20. The molecule has 4 nitrogen and oxygen atoms in total. The smallest absolute Gasteiger partial charge is 0.207 e. The van der Waals surface area contributed by atoms with E-state index in [0.29, 0.717) is 5.92 Å². The van der Waals surface area contributed by atoms with Gasteiger partial charge in [-0.15, -0.1) is 0 Å². The van der Waals surface area contributed by atoms with Gasteiger partial charge in [-0.1, -0.05) is 0 Å². The molecule has 1 aromatic carbocycles. The Morgan fingerprint density at radius 3 is 3.16 bits per heavy atom. The highest BCUT2D eigenvalue weighted by Gasteiger charge is 2.27. The first-order valence-corrected chi connectivity index (χ1v) is 7.63. The van der Waals surface area contributed by atoms with E-state index in [4.69, 9.17) is 0 Å². The first-order chi connectivity index (χ1) is 9.38. The maximum atomic E-state index is 4.56. The lowest BCUT2D eigenvalue weighted by Gasteiger charge is -2.18. The lowest BCUT2D eigenvalue weighted by Crippen LogP contribution is -2.11. The number of aromatic nitrogens is 2. The quantitative estimate of drug-likeness (QED) is 0.897. The van der Waals surface area contributed by atoms with Gasteiger partial charge in [-0.2, -0.15) is 4.37 Å². The highest BCUT2D eigenvalue weighted by molar-refractivity contribution is 7.09. The van der Waals surface area contributed by atoms with E-state index in [1.807, 2.05) is 0 Å². The molecule has 0 saturated heterocycles. The average molecular weight is 272 g/mol. The number of anilines is 3. The fourth-order valence-corrected chi connectivity index (χ4v) is 3.14. The number of rotatable bonds is 3.